The Kier molecular flexibility index (Phi) is 5.46. The lowest BCUT2D eigenvalue weighted by molar-refractivity contribution is 0.238. The fraction of sp³-hybridized carbons (Fsp3) is 0.474. The standard InChI is InChI=1S/C19H27N5O2/c1-13-9-18(20)22-19(21-13)24(3)15-5-6-16(25-4)17(10-15)26-12-14-7-8-23(2)11-14/h5-6,9-10,14H,7-8,11-12H2,1-4H3,(H2,20,21,22)/t14-/m0/s1. The van der Waals surface area contributed by atoms with Gasteiger partial charge in [-0.05, 0) is 39.1 Å². The molecule has 0 bridgehead atoms. The van der Waals surface area contributed by atoms with E-state index in [4.69, 9.17) is 15.2 Å². The molecule has 1 aliphatic heterocycles. The third-order valence-electron chi connectivity index (χ3n) is 4.66. The minimum Gasteiger partial charge on any atom is -0.493 e. The number of nitrogens with zero attached hydrogens (tertiary/aromatic N) is 4. The summed E-state index contributed by atoms with van der Waals surface area (Å²) in [7, 11) is 5.70. The summed E-state index contributed by atoms with van der Waals surface area (Å²) in [6, 6.07) is 7.57. The Morgan fingerprint density at radius 3 is 2.73 bits per heavy atom. The highest BCUT2D eigenvalue weighted by Gasteiger charge is 2.21. The first-order chi connectivity index (χ1) is 12.5. The van der Waals surface area contributed by atoms with E-state index in [0.29, 0.717) is 24.3 Å². The maximum absolute atomic E-state index is 6.09. The van der Waals surface area contributed by atoms with Crippen LogP contribution in [-0.4, -0.2) is 55.8 Å². The number of hydrogen-bond donors (Lipinski definition) is 1. The summed E-state index contributed by atoms with van der Waals surface area (Å²) in [5.41, 5.74) is 7.59. The van der Waals surface area contributed by atoms with E-state index in [9.17, 15) is 0 Å². The lowest BCUT2D eigenvalue weighted by Gasteiger charge is -2.20. The molecular formula is C19H27N5O2. The summed E-state index contributed by atoms with van der Waals surface area (Å²) < 4.78 is 11.5. The van der Waals surface area contributed by atoms with Crippen LogP contribution >= 0.6 is 0 Å². The summed E-state index contributed by atoms with van der Waals surface area (Å²) in [6.45, 7) is 4.77. The second-order valence-electron chi connectivity index (χ2n) is 6.86. The zero-order valence-electron chi connectivity index (χ0n) is 15.9. The van der Waals surface area contributed by atoms with Gasteiger partial charge >= 0.3 is 0 Å². The van der Waals surface area contributed by atoms with Crippen molar-refractivity contribution in [3.63, 3.8) is 0 Å². The molecule has 1 aliphatic rings. The van der Waals surface area contributed by atoms with Crippen LogP contribution in [0.5, 0.6) is 11.5 Å². The molecule has 0 radical (unpaired) electrons. The van der Waals surface area contributed by atoms with Crippen molar-refractivity contribution in [1.29, 1.82) is 0 Å². The average molecular weight is 357 g/mol. The van der Waals surface area contributed by atoms with Gasteiger partial charge in [0.15, 0.2) is 11.5 Å². The smallest absolute Gasteiger partial charge is 0.231 e. The van der Waals surface area contributed by atoms with E-state index in [1.165, 1.54) is 0 Å². The minimum atomic E-state index is 0.453. The Balaban J connectivity index is 1.79. The predicted octanol–water partition coefficient (Wildman–Crippen LogP) is 2.47. The van der Waals surface area contributed by atoms with Crippen molar-refractivity contribution in [2.75, 3.05) is 51.5 Å². The first kappa shape index (κ1) is 18.3. The number of rotatable bonds is 6. The van der Waals surface area contributed by atoms with Crippen molar-refractivity contribution >= 4 is 17.5 Å². The molecule has 2 N–H and O–H groups in total. The molecule has 0 saturated carbocycles. The third-order valence-corrected chi connectivity index (χ3v) is 4.66. The molecule has 7 nitrogen and oxygen atoms in total. The second kappa shape index (κ2) is 7.78. The van der Waals surface area contributed by atoms with Crippen LogP contribution in [0.2, 0.25) is 0 Å². The Hall–Kier alpha value is -2.54. The van der Waals surface area contributed by atoms with Crippen molar-refractivity contribution in [2.24, 2.45) is 5.92 Å². The van der Waals surface area contributed by atoms with Crippen molar-refractivity contribution in [1.82, 2.24) is 14.9 Å². The van der Waals surface area contributed by atoms with Crippen LogP contribution in [0.15, 0.2) is 24.3 Å². The normalized spacial score (nSPS) is 17.3. The van der Waals surface area contributed by atoms with Gasteiger partial charge in [0, 0.05) is 43.0 Å². The number of nitrogens with two attached hydrogens (primary N) is 1. The van der Waals surface area contributed by atoms with Crippen LogP contribution in [0.3, 0.4) is 0 Å². The number of likely N-dealkylation sites (tertiary alicyclic amines) is 1. The van der Waals surface area contributed by atoms with Crippen molar-refractivity contribution in [3.8, 4) is 11.5 Å². The molecule has 26 heavy (non-hydrogen) atoms. The summed E-state index contributed by atoms with van der Waals surface area (Å²) in [5.74, 6) is 3.00. The minimum absolute atomic E-state index is 0.453. The molecule has 1 saturated heterocycles. The molecule has 0 unspecified atom stereocenters. The molecule has 7 heteroatoms. The van der Waals surface area contributed by atoms with Gasteiger partial charge in [-0.3, -0.25) is 0 Å². The third kappa shape index (κ3) is 4.16. The first-order valence-electron chi connectivity index (χ1n) is 8.80. The van der Waals surface area contributed by atoms with E-state index < -0.39 is 0 Å². The molecule has 2 heterocycles. The van der Waals surface area contributed by atoms with Gasteiger partial charge in [-0.25, -0.2) is 4.98 Å². The zero-order valence-corrected chi connectivity index (χ0v) is 15.9. The van der Waals surface area contributed by atoms with E-state index in [2.05, 4.69) is 21.9 Å². The average Bonchev–Trinajstić information content (AvgIpc) is 3.03. The highest BCUT2D eigenvalue weighted by Crippen LogP contribution is 2.34. The molecular weight excluding hydrogens is 330 g/mol. The SMILES string of the molecule is COc1ccc(N(C)c2nc(C)cc(N)n2)cc1OC[C@H]1CCN(C)C1. The summed E-state index contributed by atoms with van der Waals surface area (Å²) in [5, 5.41) is 0. The number of benzene rings is 1. The van der Waals surface area contributed by atoms with Gasteiger partial charge in [0.1, 0.15) is 5.82 Å². The summed E-state index contributed by atoms with van der Waals surface area (Å²) >= 11 is 0. The van der Waals surface area contributed by atoms with Crippen LogP contribution in [0.1, 0.15) is 12.1 Å². The van der Waals surface area contributed by atoms with Crippen LogP contribution in [0.25, 0.3) is 0 Å². The molecule has 0 spiro atoms. The molecule has 140 valence electrons. The van der Waals surface area contributed by atoms with E-state index in [1.807, 2.05) is 37.1 Å². The van der Waals surface area contributed by atoms with Crippen molar-refractivity contribution in [3.05, 3.63) is 30.0 Å². The molecule has 1 aromatic heterocycles. The van der Waals surface area contributed by atoms with Crippen LogP contribution in [-0.2, 0) is 0 Å². The van der Waals surface area contributed by atoms with E-state index in [0.717, 1.165) is 42.4 Å². The highest BCUT2D eigenvalue weighted by atomic mass is 16.5. The number of hydrogen-bond acceptors (Lipinski definition) is 7. The number of ether oxygens (including phenoxy) is 2. The molecule has 2 aromatic rings. The van der Waals surface area contributed by atoms with Crippen LogP contribution in [0.4, 0.5) is 17.5 Å². The maximum atomic E-state index is 6.09. The van der Waals surface area contributed by atoms with Gasteiger partial charge in [-0.2, -0.15) is 4.98 Å². The van der Waals surface area contributed by atoms with Gasteiger partial charge < -0.3 is 25.0 Å². The summed E-state index contributed by atoms with van der Waals surface area (Å²) in [6.07, 6.45) is 1.16. The van der Waals surface area contributed by atoms with Gasteiger partial charge in [0.05, 0.1) is 13.7 Å². The van der Waals surface area contributed by atoms with E-state index in [-0.39, 0.29) is 0 Å². The van der Waals surface area contributed by atoms with E-state index >= 15 is 0 Å². The van der Waals surface area contributed by atoms with Crippen molar-refractivity contribution < 1.29 is 9.47 Å². The second-order valence-corrected chi connectivity index (χ2v) is 6.86. The number of nitrogen functional groups attached to an aromatic ring is 1. The highest BCUT2D eigenvalue weighted by molar-refractivity contribution is 5.62. The van der Waals surface area contributed by atoms with Gasteiger partial charge in [-0.15, -0.1) is 0 Å². The predicted molar refractivity (Wildman–Crippen MR) is 103 cm³/mol. The molecule has 0 aliphatic carbocycles. The van der Waals surface area contributed by atoms with Crippen molar-refractivity contribution in [2.45, 2.75) is 13.3 Å². The fourth-order valence-corrected chi connectivity index (χ4v) is 3.20. The first-order valence-corrected chi connectivity index (χ1v) is 8.80. The topological polar surface area (TPSA) is 76.7 Å². The Morgan fingerprint density at radius 2 is 2.08 bits per heavy atom. The van der Waals surface area contributed by atoms with Gasteiger partial charge in [-0.1, -0.05) is 0 Å². The quantitative estimate of drug-likeness (QED) is 0.851. The molecule has 3 rings (SSSR count). The van der Waals surface area contributed by atoms with Gasteiger partial charge in [0.25, 0.3) is 0 Å². The molecule has 1 aromatic carbocycles. The van der Waals surface area contributed by atoms with Crippen LogP contribution in [0, 0.1) is 12.8 Å². The zero-order chi connectivity index (χ0) is 18.7. The lowest BCUT2D eigenvalue weighted by atomic mass is 10.1. The molecule has 1 fully saturated rings. The fourth-order valence-electron chi connectivity index (χ4n) is 3.20. The molecule has 1 atom stereocenters. The number of aromatic nitrogens is 2. The monoisotopic (exact) mass is 357 g/mol. The lowest BCUT2D eigenvalue weighted by Crippen LogP contribution is -2.18. The van der Waals surface area contributed by atoms with Gasteiger partial charge in [0.2, 0.25) is 5.95 Å². The number of anilines is 3. The largest absolute Gasteiger partial charge is 0.493 e. The Morgan fingerprint density at radius 1 is 1.27 bits per heavy atom. The summed E-state index contributed by atoms with van der Waals surface area (Å²) in [4.78, 5) is 13.0. The number of methoxy groups -OCH3 is 1. The number of aryl methyl sites for hydroxylation is 1. The molecule has 0 amide bonds. The Labute approximate surface area is 154 Å². The van der Waals surface area contributed by atoms with Crippen LogP contribution < -0.4 is 20.1 Å². The van der Waals surface area contributed by atoms with E-state index in [1.54, 1.807) is 13.2 Å². The Bertz CT molecular complexity index is 747. The maximum Gasteiger partial charge on any atom is 0.231 e.